The van der Waals surface area contributed by atoms with E-state index in [1.807, 2.05) is 12.1 Å². The fourth-order valence-corrected chi connectivity index (χ4v) is 12.6. The highest BCUT2D eigenvalue weighted by atomic mass is 16.5. The van der Waals surface area contributed by atoms with E-state index in [4.69, 9.17) is 20.9 Å². The molecule has 8 fully saturated rings. The second-order valence-electron chi connectivity index (χ2n) is 17.1. The van der Waals surface area contributed by atoms with Crippen LogP contribution < -0.4 is 20.9 Å². The molecule has 0 atom stereocenters. The number of ether oxygens (including phenoxy) is 2. The van der Waals surface area contributed by atoms with Crippen molar-refractivity contribution in [1.29, 1.82) is 0 Å². The summed E-state index contributed by atoms with van der Waals surface area (Å²) in [6.45, 7) is 0. The third-order valence-corrected chi connectivity index (χ3v) is 13.7. The van der Waals surface area contributed by atoms with Gasteiger partial charge in [0.25, 0.3) is 0 Å². The Hall–Kier alpha value is -4.06. The van der Waals surface area contributed by atoms with Gasteiger partial charge in [-0.05, 0) is 183 Å². The predicted octanol–water partition coefficient (Wildman–Crippen LogP) is 9.94. The van der Waals surface area contributed by atoms with E-state index in [1.165, 1.54) is 93.6 Å². The summed E-state index contributed by atoms with van der Waals surface area (Å²) in [5.41, 5.74) is 15.5. The molecule has 0 unspecified atom stereocenters. The zero-order valence-corrected chi connectivity index (χ0v) is 27.6. The number of phenols is 2. The normalized spacial score (nSPS) is 34.2. The van der Waals surface area contributed by atoms with E-state index in [-0.39, 0.29) is 22.3 Å². The lowest BCUT2D eigenvalue weighted by atomic mass is 9.47. The van der Waals surface area contributed by atoms with Crippen molar-refractivity contribution in [2.45, 2.75) is 87.9 Å². The summed E-state index contributed by atoms with van der Waals surface area (Å²) < 4.78 is 13.5. The van der Waals surface area contributed by atoms with Gasteiger partial charge < -0.3 is 31.2 Å². The Kier molecular flexibility index (Phi) is 6.16. The third-order valence-electron chi connectivity index (χ3n) is 13.7. The van der Waals surface area contributed by atoms with Crippen LogP contribution in [0.25, 0.3) is 10.8 Å². The highest BCUT2D eigenvalue weighted by molar-refractivity contribution is 5.88. The lowest BCUT2D eigenvalue weighted by Gasteiger charge is -2.57. The lowest BCUT2D eigenvalue weighted by molar-refractivity contribution is -0.00598. The zero-order valence-electron chi connectivity index (χ0n) is 27.6. The van der Waals surface area contributed by atoms with Crippen LogP contribution in [-0.4, -0.2) is 10.2 Å². The molecule has 0 spiro atoms. The Labute approximate surface area is 282 Å². The van der Waals surface area contributed by atoms with Gasteiger partial charge in [-0.25, -0.2) is 0 Å². The minimum Gasteiger partial charge on any atom is -0.506 e. The largest absolute Gasteiger partial charge is 0.506 e. The molecule has 48 heavy (non-hydrogen) atoms. The number of nitrogens with two attached hydrogens (primary N) is 2. The van der Waals surface area contributed by atoms with E-state index in [0.717, 1.165) is 52.4 Å². The van der Waals surface area contributed by atoms with Gasteiger partial charge in [0.1, 0.15) is 34.5 Å². The van der Waals surface area contributed by atoms with Crippen LogP contribution in [0, 0.1) is 35.5 Å². The van der Waals surface area contributed by atoms with Crippen LogP contribution in [0.1, 0.15) is 88.2 Å². The van der Waals surface area contributed by atoms with Crippen LogP contribution in [0.5, 0.6) is 34.5 Å². The molecule has 0 radical (unpaired) electrons. The predicted molar refractivity (Wildman–Crippen MR) is 189 cm³/mol. The summed E-state index contributed by atoms with van der Waals surface area (Å²) in [6.07, 6.45) is 15.7. The maximum absolute atomic E-state index is 10.5. The number of phenolic OH excluding ortho intramolecular Hbond substituents is 2. The number of anilines is 2. The third kappa shape index (κ3) is 4.58. The molecule has 0 aliphatic heterocycles. The highest BCUT2D eigenvalue weighted by Gasteiger charge is 2.54. The van der Waals surface area contributed by atoms with E-state index in [9.17, 15) is 10.2 Å². The van der Waals surface area contributed by atoms with E-state index in [1.54, 1.807) is 24.3 Å². The van der Waals surface area contributed by atoms with Crippen molar-refractivity contribution in [3.63, 3.8) is 0 Å². The van der Waals surface area contributed by atoms with Crippen LogP contribution >= 0.6 is 0 Å². The van der Waals surface area contributed by atoms with Gasteiger partial charge in [0.15, 0.2) is 0 Å². The Bertz CT molecular complexity index is 1760. The molecule has 0 aromatic heterocycles. The second kappa shape index (κ2) is 10.2. The average Bonchev–Trinajstić information content (AvgIpc) is 3.03. The number of benzene rings is 4. The molecule has 8 aliphatic carbocycles. The summed E-state index contributed by atoms with van der Waals surface area (Å²) in [4.78, 5) is 0. The van der Waals surface area contributed by atoms with Gasteiger partial charge in [-0.1, -0.05) is 0 Å². The van der Waals surface area contributed by atoms with Crippen LogP contribution in [0.3, 0.4) is 0 Å². The first-order valence-corrected chi connectivity index (χ1v) is 18.3. The van der Waals surface area contributed by atoms with Crippen LogP contribution in [0.15, 0.2) is 60.7 Å². The quantitative estimate of drug-likeness (QED) is 0.123. The van der Waals surface area contributed by atoms with Crippen molar-refractivity contribution in [1.82, 2.24) is 0 Å². The molecule has 6 heteroatoms. The van der Waals surface area contributed by atoms with Gasteiger partial charge in [-0.3, -0.25) is 0 Å². The second-order valence-corrected chi connectivity index (χ2v) is 17.1. The Balaban J connectivity index is 1.16. The number of aromatic hydroxyl groups is 2. The van der Waals surface area contributed by atoms with Gasteiger partial charge in [-0.2, -0.15) is 0 Å². The molecule has 8 bridgehead atoms. The fourth-order valence-electron chi connectivity index (χ4n) is 12.6. The molecule has 6 nitrogen and oxygen atoms in total. The van der Waals surface area contributed by atoms with E-state index >= 15 is 0 Å². The molecule has 12 rings (SSSR count). The Morgan fingerprint density at radius 2 is 0.812 bits per heavy atom. The number of rotatable bonds is 6. The molecule has 0 heterocycles. The molecule has 0 saturated heterocycles. The zero-order chi connectivity index (χ0) is 32.4. The van der Waals surface area contributed by atoms with E-state index < -0.39 is 0 Å². The Morgan fingerprint density at radius 3 is 1.15 bits per heavy atom. The van der Waals surface area contributed by atoms with Crippen molar-refractivity contribution < 1.29 is 19.7 Å². The molecule has 4 aromatic rings. The number of fused-ring (bicyclic) bond motifs is 1. The van der Waals surface area contributed by atoms with Crippen molar-refractivity contribution in [3.05, 3.63) is 71.8 Å². The van der Waals surface area contributed by atoms with E-state index in [0.29, 0.717) is 22.9 Å². The summed E-state index contributed by atoms with van der Waals surface area (Å²) in [5.74, 6) is 7.79. The molecule has 6 N–H and O–H groups in total. The fraction of sp³-hybridized carbons (Fsp3) is 0.476. The van der Waals surface area contributed by atoms with Gasteiger partial charge in [0.05, 0.1) is 11.4 Å². The monoisotopic (exact) mass is 642 g/mol. The molecule has 4 aromatic carbocycles. The minimum absolute atomic E-state index is 0.0345. The van der Waals surface area contributed by atoms with Crippen molar-refractivity contribution >= 4 is 22.1 Å². The van der Waals surface area contributed by atoms with Gasteiger partial charge >= 0.3 is 0 Å². The highest BCUT2D eigenvalue weighted by Crippen LogP contribution is 2.64. The van der Waals surface area contributed by atoms with Crippen LogP contribution in [0.2, 0.25) is 0 Å². The van der Waals surface area contributed by atoms with Gasteiger partial charge in [0, 0.05) is 23.3 Å². The molecular formula is C42H46N2O4. The number of nitrogen functional groups attached to an aromatic ring is 2. The van der Waals surface area contributed by atoms with Gasteiger partial charge in [-0.15, -0.1) is 0 Å². The summed E-state index contributed by atoms with van der Waals surface area (Å²) in [5, 5.41) is 23.3. The summed E-state index contributed by atoms with van der Waals surface area (Å²) in [6, 6.07) is 19.7. The molecule has 0 amide bonds. The number of hydrogen-bond donors (Lipinski definition) is 4. The van der Waals surface area contributed by atoms with Crippen molar-refractivity contribution in [2.24, 2.45) is 35.5 Å². The average molecular weight is 643 g/mol. The number of hydrogen-bond acceptors (Lipinski definition) is 6. The molecule has 8 aliphatic rings. The smallest absolute Gasteiger partial charge is 0.142 e. The summed E-state index contributed by atoms with van der Waals surface area (Å²) >= 11 is 0. The maximum Gasteiger partial charge on any atom is 0.142 e. The van der Waals surface area contributed by atoms with Crippen LogP contribution in [0.4, 0.5) is 11.4 Å². The first-order chi connectivity index (χ1) is 23.2. The first-order valence-electron chi connectivity index (χ1n) is 18.3. The molecule has 8 saturated carbocycles. The SMILES string of the molecule is Nc1ccc(Oc2cc3cc(Oc4ccc(N)c(O)c4)c(C45CC6CC(CC(C6)C4)C5)cc3cc2C23CC4CC(CC(C4)C2)C3)cc1O. The van der Waals surface area contributed by atoms with Crippen molar-refractivity contribution in [3.8, 4) is 34.5 Å². The standard InChI is InChI=1S/C42H46N2O4/c43-35-3-1-31(15-37(35)45)47-39-13-30-14-40(48-32-2-4-36(44)38(46)16-32)34(42-20-26-8-27(21-42)10-28(9-26)22-42)12-29(30)11-33(39)41-17-23-5-24(18-41)7-25(6-23)19-41/h1-4,11-16,23-28,45-46H,5-10,17-22,43-44H2. The topological polar surface area (TPSA) is 111 Å². The summed E-state index contributed by atoms with van der Waals surface area (Å²) in [7, 11) is 0. The molecular weight excluding hydrogens is 596 g/mol. The Morgan fingerprint density at radius 1 is 0.479 bits per heavy atom. The van der Waals surface area contributed by atoms with Crippen molar-refractivity contribution in [2.75, 3.05) is 11.5 Å². The van der Waals surface area contributed by atoms with Crippen LogP contribution in [-0.2, 0) is 10.8 Å². The van der Waals surface area contributed by atoms with E-state index in [2.05, 4.69) is 24.3 Å². The maximum atomic E-state index is 10.5. The minimum atomic E-state index is 0.0345. The molecule has 248 valence electrons. The van der Waals surface area contributed by atoms with Gasteiger partial charge in [0.2, 0.25) is 0 Å². The lowest BCUT2D eigenvalue weighted by Crippen LogP contribution is -2.48. The first kappa shape index (κ1) is 28.9.